The van der Waals surface area contributed by atoms with Crippen LogP contribution in [0.5, 0.6) is 0 Å². The summed E-state index contributed by atoms with van der Waals surface area (Å²) in [5.41, 5.74) is 0. The van der Waals surface area contributed by atoms with Gasteiger partial charge in [0, 0.05) is 12.4 Å². The molecule has 0 aliphatic heterocycles. The summed E-state index contributed by atoms with van der Waals surface area (Å²) in [5, 5.41) is 2.48. The van der Waals surface area contributed by atoms with E-state index in [-0.39, 0.29) is 0 Å². The minimum Gasteiger partial charge on any atom is -0.250 e. The highest BCUT2D eigenvalue weighted by Crippen LogP contribution is 2.23. The summed E-state index contributed by atoms with van der Waals surface area (Å²) in [5.74, 6) is 0. The molecule has 0 bridgehead atoms. The Bertz CT molecular complexity index is 402. The van der Waals surface area contributed by atoms with E-state index in [4.69, 9.17) is 11.6 Å². The van der Waals surface area contributed by atoms with E-state index in [1.165, 1.54) is 11.8 Å². The summed E-state index contributed by atoms with van der Waals surface area (Å²) in [6.45, 7) is 0. The maximum Gasteiger partial charge on any atom is 0.102 e. The summed E-state index contributed by atoms with van der Waals surface area (Å²) >= 11 is 7.24. The Morgan fingerprint density at radius 1 is 1.00 bits per heavy atom. The Labute approximate surface area is 91.4 Å². The maximum absolute atomic E-state index is 5.73. The average molecular weight is 223 g/mol. The van der Waals surface area contributed by atoms with E-state index in [1.807, 2.05) is 30.3 Å². The highest BCUT2D eigenvalue weighted by atomic mass is 35.5. The van der Waals surface area contributed by atoms with Gasteiger partial charge in [0.25, 0.3) is 0 Å². The molecule has 0 fully saturated rings. The highest BCUT2D eigenvalue weighted by Gasteiger charge is 1.98. The van der Waals surface area contributed by atoms with Gasteiger partial charge in [0.1, 0.15) is 10.1 Å². The lowest BCUT2D eigenvalue weighted by Gasteiger charge is -1.98. The van der Waals surface area contributed by atoms with Gasteiger partial charge >= 0.3 is 0 Å². The van der Waals surface area contributed by atoms with Gasteiger partial charge in [-0.2, -0.15) is 0 Å². The normalized spacial score (nSPS) is 10.1. The number of halogens is 1. The lowest BCUT2D eigenvalue weighted by atomic mass is 10.5. The summed E-state index contributed by atoms with van der Waals surface area (Å²) in [7, 11) is 0. The summed E-state index contributed by atoms with van der Waals surface area (Å²) < 4.78 is 0. The number of hydrogen-bond acceptors (Lipinski definition) is 3. The molecule has 4 heteroatoms. The fraction of sp³-hybridized carbons (Fsp3) is 0. The van der Waals surface area contributed by atoms with E-state index in [0.717, 1.165) is 10.1 Å². The lowest BCUT2D eigenvalue weighted by molar-refractivity contribution is 1.09. The van der Waals surface area contributed by atoms with Crippen LogP contribution in [0, 0.1) is 0 Å². The fourth-order valence-electron chi connectivity index (χ4n) is 0.937. The van der Waals surface area contributed by atoms with Crippen molar-refractivity contribution in [2.75, 3.05) is 0 Å². The first-order chi connectivity index (χ1) is 6.84. The summed E-state index contributed by atoms with van der Waals surface area (Å²) in [4.78, 5) is 8.35. The van der Waals surface area contributed by atoms with Crippen LogP contribution in [-0.2, 0) is 0 Å². The predicted octanol–water partition coefficient (Wildman–Crippen LogP) is 3.28. The molecule has 0 aromatic carbocycles. The maximum atomic E-state index is 5.73. The molecule has 0 saturated carbocycles. The Morgan fingerprint density at radius 3 is 2.50 bits per heavy atom. The van der Waals surface area contributed by atoms with Crippen LogP contribution in [0.15, 0.2) is 52.8 Å². The van der Waals surface area contributed by atoms with Crippen LogP contribution in [0.3, 0.4) is 0 Å². The van der Waals surface area contributed by atoms with Crippen LogP contribution in [0.4, 0.5) is 0 Å². The predicted molar refractivity (Wildman–Crippen MR) is 57.6 cm³/mol. The van der Waals surface area contributed by atoms with Crippen LogP contribution in [0.1, 0.15) is 0 Å². The third-order valence-corrected chi connectivity index (χ3v) is 2.67. The molecule has 2 nitrogen and oxygen atoms in total. The molecule has 0 spiro atoms. The Hall–Kier alpha value is -1.06. The number of aromatic nitrogens is 2. The Morgan fingerprint density at radius 2 is 1.86 bits per heavy atom. The van der Waals surface area contributed by atoms with Gasteiger partial charge in [0.15, 0.2) is 0 Å². The molecule has 0 N–H and O–H groups in total. The first-order valence-electron chi connectivity index (χ1n) is 4.05. The Kier molecular flexibility index (Phi) is 3.01. The molecule has 14 heavy (non-hydrogen) atoms. The van der Waals surface area contributed by atoms with Crippen molar-refractivity contribution in [3.63, 3.8) is 0 Å². The second-order valence-corrected chi connectivity index (χ2v) is 4.06. The zero-order valence-electron chi connectivity index (χ0n) is 7.22. The van der Waals surface area contributed by atoms with E-state index in [0.29, 0.717) is 5.02 Å². The molecule has 70 valence electrons. The Balaban J connectivity index is 2.16. The third-order valence-electron chi connectivity index (χ3n) is 1.55. The number of hydrogen-bond donors (Lipinski definition) is 0. The molecule has 0 aliphatic carbocycles. The van der Waals surface area contributed by atoms with Crippen LogP contribution < -0.4 is 0 Å². The molecule has 2 heterocycles. The van der Waals surface area contributed by atoms with Crippen molar-refractivity contribution in [1.29, 1.82) is 0 Å². The lowest BCUT2D eigenvalue weighted by Crippen LogP contribution is -1.80. The van der Waals surface area contributed by atoms with Gasteiger partial charge in [-0.25, -0.2) is 9.97 Å². The minimum absolute atomic E-state index is 0.648. The molecule has 2 aromatic rings. The summed E-state index contributed by atoms with van der Waals surface area (Å²) in [6.07, 6.45) is 3.39. The molecule has 0 amide bonds. The zero-order valence-corrected chi connectivity index (χ0v) is 8.79. The SMILES string of the molecule is Clc1ccc(Sc2ccccn2)nc1. The van der Waals surface area contributed by atoms with Crippen molar-refractivity contribution in [3.05, 3.63) is 47.7 Å². The van der Waals surface area contributed by atoms with Gasteiger partial charge in [-0.05, 0) is 24.3 Å². The minimum atomic E-state index is 0.648. The second kappa shape index (κ2) is 4.44. The van der Waals surface area contributed by atoms with E-state index in [2.05, 4.69) is 9.97 Å². The van der Waals surface area contributed by atoms with Crippen molar-refractivity contribution >= 4 is 23.4 Å². The largest absolute Gasteiger partial charge is 0.250 e. The van der Waals surface area contributed by atoms with Crippen molar-refractivity contribution in [2.45, 2.75) is 10.1 Å². The topological polar surface area (TPSA) is 25.8 Å². The molecule has 0 unspecified atom stereocenters. The first kappa shape index (κ1) is 9.49. The van der Waals surface area contributed by atoms with Crippen molar-refractivity contribution < 1.29 is 0 Å². The molecule has 0 aliphatic rings. The quantitative estimate of drug-likeness (QED) is 0.780. The molecular formula is C10H7ClN2S. The van der Waals surface area contributed by atoms with Crippen molar-refractivity contribution in [3.8, 4) is 0 Å². The number of nitrogens with zero attached hydrogens (tertiary/aromatic N) is 2. The van der Waals surface area contributed by atoms with Gasteiger partial charge < -0.3 is 0 Å². The van der Waals surface area contributed by atoms with Gasteiger partial charge in [-0.1, -0.05) is 29.4 Å². The van der Waals surface area contributed by atoms with Gasteiger partial charge in [-0.15, -0.1) is 0 Å². The van der Waals surface area contributed by atoms with Crippen molar-refractivity contribution in [1.82, 2.24) is 9.97 Å². The molecule has 0 saturated heterocycles. The number of rotatable bonds is 2. The molecule has 2 aromatic heterocycles. The fourth-order valence-corrected chi connectivity index (χ4v) is 1.76. The van der Waals surface area contributed by atoms with Gasteiger partial charge in [0.2, 0.25) is 0 Å². The van der Waals surface area contributed by atoms with E-state index in [1.54, 1.807) is 12.4 Å². The average Bonchev–Trinajstić information content (AvgIpc) is 2.23. The van der Waals surface area contributed by atoms with Gasteiger partial charge in [-0.3, -0.25) is 0 Å². The molecule has 0 radical (unpaired) electrons. The zero-order chi connectivity index (χ0) is 9.80. The first-order valence-corrected chi connectivity index (χ1v) is 5.24. The van der Waals surface area contributed by atoms with E-state index in [9.17, 15) is 0 Å². The molecule has 0 atom stereocenters. The standard InChI is InChI=1S/C10H7ClN2S/c11-8-4-5-10(13-7-8)14-9-3-1-2-6-12-9/h1-7H. The van der Waals surface area contributed by atoms with Crippen LogP contribution >= 0.6 is 23.4 Å². The van der Waals surface area contributed by atoms with Crippen LogP contribution in [0.25, 0.3) is 0 Å². The monoisotopic (exact) mass is 222 g/mol. The molecule has 2 rings (SSSR count). The van der Waals surface area contributed by atoms with Crippen molar-refractivity contribution in [2.24, 2.45) is 0 Å². The van der Waals surface area contributed by atoms with E-state index < -0.39 is 0 Å². The highest BCUT2D eigenvalue weighted by molar-refractivity contribution is 7.99. The van der Waals surface area contributed by atoms with Crippen LogP contribution in [-0.4, -0.2) is 9.97 Å². The van der Waals surface area contributed by atoms with E-state index >= 15 is 0 Å². The summed E-state index contributed by atoms with van der Waals surface area (Å²) in [6, 6.07) is 9.48. The second-order valence-electron chi connectivity index (χ2n) is 2.58. The smallest absolute Gasteiger partial charge is 0.102 e. The third kappa shape index (κ3) is 2.47. The molecular weight excluding hydrogens is 216 g/mol. The number of pyridine rings is 2. The van der Waals surface area contributed by atoms with Crippen LogP contribution in [0.2, 0.25) is 5.02 Å². The van der Waals surface area contributed by atoms with Gasteiger partial charge in [0.05, 0.1) is 5.02 Å².